The molecule has 0 fully saturated rings. The van der Waals surface area contributed by atoms with Gasteiger partial charge in [0.1, 0.15) is 11.6 Å². The zero-order valence-corrected chi connectivity index (χ0v) is 15.9. The van der Waals surface area contributed by atoms with Crippen molar-refractivity contribution in [2.24, 2.45) is 0 Å². The molecule has 0 spiro atoms. The van der Waals surface area contributed by atoms with Gasteiger partial charge < -0.3 is 15.0 Å². The van der Waals surface area contributed by atoms with Crippen LogP contribution in [0.1, 0.15) is 28.4 Å². The average Bonchev–Trinajstić information content (AvgIpc) is 2.75. The van der Waals surface area contributed by atoms with Gasteiger partial charge >= 0.3 is 0 Å². The van der Waals surface area contributed by atoms with Gasteiger partial charge in [-0.1, -0.05) is 24.3 Å². The van der Waals surface area contributed by atoms with Crippen molar-refractivity contribution >= 4 is 17.4 Å². The molecular formula is C23H23N3O2. The third-order valence-electron chi connectivity index (χ3n) is 4.89. The van der Waals surface area contributed by atoms with E-state index in [-0.39, 0.29) is 5.91 Å². The van der Waals surface area contributed by atoms with E-state index in [1.165, 1.54) is 11.1 Å². The summed E-state index contributed by atoms with van der Waals surface area (Å²) in [5.41, 5.74) is 4.01. The Morgan fingerprint density at radius 1 is 1.07 bits per heavy atom. The third-order valence-corrected chi connectivity index (χ3v) is 4.89. The fourth-order valence-corrected chi connectivity index (χ4v) is 3.40. The minimum atomic E-state index is -0.174. The summed E-state index contributed by atoms with van der Waals surface area (Å²) in [6.45, 7) is 4.34. The number of aromatic nitrogens is 1. The van der Waals surface area contributed by atoms with Crippen LogP contribution in [-0.4, -0.2) is 24.0 Å². The number of amides is 1. The molecule has 5 heteroatoms. The second-order valence-corrected chi connectivity index (χ2v) is 6.76. The van der Waals surface area contributed by atoms with Gasteiger partial charge in [-0.25, -0.2) is 4.98 Å². The molecule has 1 aliphatic rings. The molecule has 1 aliphatic heterocycles. The SMILES string of the molecule is CCOc1ccc(NC(=O)c2ccc(N3CCc4ccccc4C3)nc2)cc1. The number of pyridine rings is 1. The topological polar surface area (TPSA) is 54.5 Å². The Morgan fingerprint density at radius 2 is 1.86 bits per heavy atom. The summed E-state index contributed by atoms with van der Waals surface area (Å²) in [6.07, 6.45) is 2.65. The number of rotatable bonds is 5. The lowest BCUT2D eigenvalue weighted by atomic mass is 10.00. The molecule has 0 unspecified atom stereocenters. The lowest BCUT2D eigenvalue weighted by molar-refractivity contribution is 0.102. The molecule has 142 valence electrons. The van der Waals surface area contributed by atoms with Crippen LogP contribution in [0.25, 0.3) is 0 Å². The first-order valence-corrected chi connectivity index (χ1v) is 9.55. The molecule has 0 saturated heterocycles. The van der Waals surface area contributed by atoms with Crippen LogP contribution >= 0.6 is 0 Å². The monoisotopic (exact) mass is 373 g/mol. The Labute approximate surface area is 165 Å². The van der Waals surface area contributed by atoms with Gasteiger partial charge in [-0.05, 0) is 60.9 Å². The molecule has 3 aromatic rings. The minimum Gasteiger partial charge on any atom is -0.494 e. The summed E-state index contributed by atoms with van der Waals surface area (Å²) in [7, 11) is 0. The van der Waals surface area contributed by atoms with Crippen molar-refractivity contribution < 1.29 is 9.53 Å². The largest absolute Gasteiger partial charge is 0.494 e. The number of carbonyl (C=O) groups is 1. The molecule has 0 aliphatic carbocycles. The third kappa shape index (κ3) is 3.98. The van der Waals surface area contributed by atoms with Crippen molar-refractivity contribution in [2.45, 2.75) is 19.9 Å². The number of nitrogens with one attached hydrogen (secondary N) is 1. The maximum Gasteiger partial charge on any atom is 0.257 e. The van der Waals surface area contributed by atoms with E-state index in [0.717, 1.165) is 36.8 Å². The van der Waals surface area contributed by atoms with Gasteiger partial charge in [0.05, 0.1) is 12.2 Å². The number of nitrogens with zero attached hydrogens (tertiary/aromatic N) is 2. The van der Waals surface area contributed by atoms with Crippen molar-refractivity contribution in [2.75, 3.05) is 23.4 Å². The predicted octanol–water partition coefficient (Wildman–Crippen LogP) is 4.30. The molecule has 0 radical (unpaired) electrons. The predicted molar refractivity (Wildman–Crippen MR) is 111 cm³/mol. The zero-order chi connectivity index (χ0) is 19.3. The number of hydrogen-bond donors (Lipinski definition) is 1. The lowest BCUT2D eigenvalue weighted by Crippen LogP contribution is -2.31. The van der Waals surface area contributed by atoms with Crippen LogP contribution in [0.3, 0.4) is 0 Å². The highest BCUT2D eigenvalue weighted by atomic mass is 16.5. The maximum atomic E-state index is 12.5. The standard InChI is InChI=1S/C23H23N3O2/c1-2-28-21-10-8-20(9-11-21)25-23(27)18-7-12-22(24-15-18)26-14-13-17-5-3-4-6-19(17)16-26/h3-12,15H,2,13-14,16H2,1H3,(H,25,27). The Balaban J connectivity index is 1.41. The van der Waals surface area contributed by atoms with Crippen LogP contribution in [0.15, 0.2) is 66.9 Å². The first kappa shape index (κ1) is 18.0. The van der Waals surface area contributed by atoms with Crippen LogP contribution < -0.4 is 15.0 Å². The summed E-state index contributed by atoms with van der Waals surface area (Å²) in [5.74, 6) is 1.51. The minimum absolute atomic E-state index is 0.174. The van der Waals surface area contributed by atoms with Crippen LogP contribution in [0, 0.1) is 0 Å². The Hall–Kier alpha value is -3.34. The summed E-state index contributed by atoms with van der Waals surface area (Å²) in [5, 5.41) is 2.89. The number of anilines is 2. The molecule has 0 saturated carbocycles. The maximum absolute atomic E-state index is 12.5. The molecule has 5 nitrogen and oxygen atoms in total. The first-order chi connectivity index (χ1) is 13.7. The van der Waals surface area contributed by atoms with Gasteiger partial charge in [-0.15, -0.1) is 0 Å². The van der Waals surface area contributed by atoms with Crippen molar-refractivity contribution in [1.82, 2.24) is 4.98 Å². The highest BCUT2D eigenvalue weighted by molar-refractivity contribution is 6.04. The van der Waals surface area contributed by atoms with Crippen molar-refractivity contribution in [3.05, 3.63) is 83.6 Å². The number of ether oxygens (including phenoxy) is 1. The van der Waals surface area contributed by atoms with Gasteiger partial charge in [-0.3, -0.25) is 4.79 Å². The molecule has 4 rings (SSSR count). The highest BCUT2D eigenvalue weighted by Gasteiger charge is 2.17. The summed E-state index contributed by atoms with van der Waals surface area (Å²) in [6, 6.07) is 19.6. The van der Waals surface area contributed by atoms with Crippen molar-refractivity contribution in [1.29, 1.82) is 0 Å². The second kappa shape index (κ2) is 8.13. The van der Waals surface area contributed by atoms with Gasteiger partial charge in [0.25, 0.3) is 5.91 Å². The van der Waals surface area contributed by atoms with Gasteiger partial charge in [0.15, 0.2) is 0 Å². The van der Waals surface area contributed by atoms with Crippen LogP contribution in [0.2, 0.25) is 0 Å². The average molecular weight is 373 g/mol. The number of benzene rings is 2. The number of fused-ring (bicyclic) bond motifs is 1. The van der Waals surface area contributed by atoms with Crippen molar-refractivity contribution in [3.8, 4) is 5.75 Å². The van der Waals surface area contributed by atoms with Gasteiger partial charge in [-0.2, -0.15) is 0 Å². The summed E-state index contributed by atoms with van der Waals surface area (Å²) < 4.78 is 5.42. The van der Waals surface area contributed by atoms with Crippen LogP contribution in [0.5, 0.6) is 5.75 Å². The number of hydrogen-bond acceptors (Lipinski definition) is 4. The molecule has 1 amide bonds. The highest BCUT2D eigenvalue weighted by Crippen LogP contribution is 2.23. The Morgan fingerprint density at radius 3 is 2.57 bits per heavy atom. The second-order valence-electron chi connectivity index (χ2n) is 6.76. The molecule has 0 atom stereocenters. The van der Waals surface area contributed by atoms with Gasteiger partial charge in [0.2, 0.25) is 0 Å². The van der Waals surface area contributed by atoms with Gasteiger partial charge in [0, 0.05) is 25.0 Å². The van der Waals surface area contributed by atoms with E-state index in [9.17, 15) is 4.79 Å². The lowest BCUT2D eigenvalue weighted by Gasteiger charge is -2.29. The van der Waals surface area contributed by atoms with E-state index in [1.807, 2.05) is 43.3 Å². The van der Waals surface area contributed by atoms with E-state index in [1.54, 1.807) is 6.20 Å². The van der Waals surface area contributed by atoms with Crippen molar-refractivity contribution in [3.63, 3.8) is 0 Å². The molecule has 28 heavy (non-hydrogen) atoms. The summed E-state index contributed by atoms with van der Waals surface area (Å²) in [4.78, 5) is 19.2. The molecule has 1 N–H and O–H groups in total. The fraction of sp³-hybridized carbons (Fsp3) is 0.217. The quantitative estimate of drug-likeness (QED) is 0.725. The van der Waals surface area contributed by atoms with E-state index < -0.39 is 0 Å². The normalized spacial score (nSPS) is 13.0. The number of carbonyl (C=O) groups excluding carboxylic acids is 1. The molecule has 0 bridgehead atoms. The van der Waals surface area contributed by atoms with Crippen LogP contribution in [-0.2, 0) is 13.0 Å². The molecule has 2 heterocycles. The fourth-order valence-electron chi connectivity index (χ4n) is 3.40. The Kier molecular flexibility index (Phi) is 5.24. The molecular weight excluding hydrogens is 350 g/mol. The van der Waals surface area contributed by atoms with E-state index in [0.29, 0.717) is 12.2 Å². The van der Waals surface area contributed by atoms with E-state index >= 15 is 0 Å². The molecule has 2 aromatic carbocycles. The van der Waals surface area contributed by atoms with Crippen LogP contribution in [0.4, 0.5) is 11.5 Å². The van der Waals surface area contributed by atoms with E-state index in [2.05, 4.69) is 39.5 Å². The zero-order valence-electron chi connectivity index (χ0n) is 15.9. The molecule has 1 aromatic heterocycles. The van der Waals surface area contributed by atoms with E-state index in [4.69, 9.17) is 4.74 Å². The first-order valence-electron chi connectivity index (χ1n) is 9.55. The summed E-state index contributed by atoms with van der Waals surface area (Å²) >= 11 is 0. The Bertz CT molecular complexity index is 952. The smallest absolute Gasteiger partial charge is 0.257 e.